The van der Waals surface area contributed by atoms with Gasteiger partial charge in [-0.05, 0) is 12.5 Å². The van der Waals surface area contributed by atoms with E-state index in [1.807, 2.05) is 0 Å². The average Bonchev–Trinajstić information content (AvgIpc) is 2.63. The predicted molar refractivity (Wildman–Crippen MR) is 104 cm³/mol. The number of carbonyl (C=O) groups excluding carboxylic acids is 2. The van der Waals surface area contributed by atoms with Crippen LogP contribution in [0.3, 0.4) is 0 Å². The smallest absolute Gasteiger partial charge is 0.341 e. The Balaban J connectivity index is 3.27. The summed E-state index contributed by atoms with van der Waals surface area (Å²) in [6.07, 6.45) is 0. The zero-order chi connectivity index (χ0) is 22.4. The number of sulfonamides is 1. The van der Waals surface area contributed by atoms with Crippen LogP contribution in [0.1, 0.15) is 6.92 Å². The summed E-state index contributed by atoms with van der Waals surface area (Å²) >= 11 is 0. The normalized spacial score (nSPS) is 11.7. The first-order valence-electron chi connectivity index (χ1n) is 7.93. The van der Waals surface area contributed by atoms with Gasteiger partial charge in [-0.3, -0.25) is 5.32 Å². The number of hydrogen-bond donors (Lipinski definition) is 2. The molecule has 0 aromatic carbocycles. The van der Waals surface area contributed by atoms with Crippen LogP contribution in [-0.4, -0.2) is 70.7 Å². The van der Waals surface area contributed by atoms with E-state index in [4.69, 9.17) is 9.47 Å². The molecule has 0 spiro atoms. The number of methoxy groups -OCH3 is 3. The second-order valence-electron chi connectivity index (χ2n) is 5.68. The number of esters is 1. The number of carbonyl (C=O) groups is 2. The first-order chi connectivity index (χ1) is 13.5. The highest BCUT2D eigenvalue weighted by Crippen LogP contribution is 2.21. The van der Waals surface area contributed by atoms with Gasteiger partial charge in [0.05, 0.1) is 33.0 Å². The van der Waals surface area contributed by atoms with Crippen molar-refractivity contribution in [2.45, 2.75) is 6.92 Å². The summed E-state index contributed by atoms with van der Waals surface area (Å²) < 4.78 is 41.9. The topological polar surface area (TPSA) is 149 Å². The lowest BCUT2D eigenvalue weighted by Gasteiger charge is -2.21. The van der Waals surface area contributed by atoms with Crippen molar-refractivity contribution in [3.8, 4) is 11.8 Å². The minimum Gasteiger partial charge on any atom is -0.481 e. The number of rotatable bonds is 8. The third kappa shape index (κ3) is 6.07. The molecule has 13 heteroatoms. The van der Waals surface area contributed by atoms with Crippen LogP contribution in [0.5, 0.6) is 11.8 Å². The summed E-state index contributed by atoms with van der Waals surface area (Å²) in [7, 11) is 2.04. The van der Waals surface area contributed by atoms with Crippen LogP contribution in [0.15, 0.2) is 28.8 Å². The van der Waals surface area contributed by atoms with Crippen LogP contribution >= 0.6 is 0 Å². The summed E-state index contributed by atoms with van der Waals surface area (Å²) in [5, 5.41) is 1.66. The van der Waals surface area contributed by atoms with Gasteiger partial charge in [-0.25, -0.2) is 14.3 Å². The molecule has 0 radical (unpaired) electrons. The molecule has 0 atom stereocenters. The van der Waals surface area contributed by atoms with E-state index in [1.165, 1.54) is 41.3 Å². The minimum atomic E-state index is -4.51. The van der Waals surface area contributed by atoms with Crippen molar-refractivity contribution in [3.63, 3.8) is 0 Å². The van der Waals surface area contributed by atoms with Crippen molar-refractivity contribution < 1.29 is 32.2 Å². The number of anilines is 1. The molecule has 0 aliphatic carbocycles. The van der Waals surface area contributed by atoms with Crippen LogP contribution in [0.4, 0.5) is 10.7 Å². The number of hydrogen-bond acceptors (Lipinski definition) is 10. The van der Waals surface area contributed by atoms with Gasteiger partial charge < -0.3 is 19.1 Å². The molecule has 1 aromatic heterocycles. The van der Waals surface area contributed by atoms with Gasteiger partial charge in [0.2, 0.25) is 17.7 Å². The predicted octanol–water partition coefficient (Wildman–Crippen LogP) is 0.467. The number of nitrogens with zero attached hydrogens (tertiary/aromatic N) is 3. The fourth-order valence-electron chi connectivity index (χ4n) is 2.11. The Morgan fingerprint density at radius 1 is 1.10 bits per heavy atom. The molecule has 12 nitrogen and oxygen atoms in total. The molecule has 2 amide bonds. The van der Waals surface area contributed by atoms with Gasteiger partial charge in [0, 0.05) is 14.1 Å². The first-order valence-corrected chi connectivity index (χ1v) is 9.41. The number of amides is 2. The number of nitrogens with one attached hydrogen (secondary N) is 2. The lowest BCUT2D eigenvalue weighted by atomic mass is 10.1. The molecule has 0 saturated carbocycles. The largest absolute Gasteiger partial charge is 0.481 e. The van der Waals surface area contributed by atoms with E-state index in [0.717, 1.165) is 12.0 Å². The molecule has 1 aromatic rings. The molecule has 160 valence electrons. The summed E-state index contributed by atoms with van der Waals surface area (Å²) in [5.41, 5.74) is -0.177. The first kappa shape index (κ1) is 23.7. The summed E-state index contributed by atoms with van der Waals surface area (Å²) in [6.45, 7) is 5.03. The highest BCUT2D eigenvalue weighted by atomic mass is 32.2. The van der Waals surface area contributed by atoms with Crippen LogP contribution in [0, 0.1) is 0 Å². The lowest BCUT2D eigenvalue weighted by Crippen LogP contribution is -2.39. The van der Waals surface area contributed by atoms with Crippen LogP contribution in [0.2, 0.25) is 0 Å². The molecule has 1 rings (SSSR count). The second-order valence-corrected chi connectivity index (χ2v) is 7.28. The van der Waals surface area contributed by atoms with Crippen LogP contribution < -0.4 is 19.5 Å². The van der Waals surface area contributed by atoms with E-state index in [2.05, 4.69) is 26.6 Å². The summed E-state index contributed by atoms with van der Waals surface area (Å²) in [4.78, 5) is 33.2. The van der Waals surface area contributed by atoms with E-state index in [1.54, 1.807) is 4.72 Å². The molecule has 0 unspecified atom stereocenters. The SMILES string of the molecule is C=C(C)/C(C(=O)OC)=C(\N(C)C)S(=O)(=O)NC(=O)Nc1nc(OC)cc(OC)n1. The van der Waals surface area contributed by atoms with Gasteiger partial charge in [0.1, 0.15) is 0 Å². The van der Waals surface area contributed by atoms with Crippen molar-refractivity contribution in [1.82, 2.24) is 19.6 Å². The number of aromatic nitrogens is 2. The van der Waals surface area contributed by atoms with Crippen molar-refractivity contribution in [2.75, 3.05) is 40.7 Å². The van der Waals surface area contributed by atoms with Gasteiger partial charge in [0.25, 0.3) is 10.0 Å². The fraction of sp³-hybridized carbons (Fsp3) is 0.375. The maximum Gasteiger partial charge on any atom is 0.341 e. The van der Waals surface area contributed by atoms with E-state index in [0.29, 0.717) is 0 Å². The van der Waals surface area contributed by atoms with E-state index >= 15 is 0 Å². The molecule has 0 bridgehead atoms. The Kier molecular flexibility index (Phi) is 7.95. The standard InChI is InChI=1S/C16H23N5O7S/c1-9(2)12(14(22)28-7)13(21(3)4)29(24,25)20-16(23)19-15-17-10(26-5)8-11(18-15)27-6/h8H,1H2,2-7H3,(H2,17,18,19,20,23)/b13-12-. The van der Waals surface area contributed by atoms with Crippen molar-refractivity contribution >= 4 is 28.0 Å². The van der Waals surface area contributed by atoms with E-state index < -0.39 is 27.1 Å². The Hall–Kier alpha value is -3.35. The minimum absolute atomic E-state index is 0.0825. The molecular formula is C16H23N5O7S. The van der Waals surface area contributed by atoms with Gasteiger partial charge >= 0.3 is 12.0 Å². The van der Waals surface area contributed by atoms with Crippen LogP contribution in [0.25, 0.3) is 0 Å². The molecule has 0 fully saturated rings. The molecule has 29 heavy (non-hydrogen) atoms. The highest BCUT2D eigenvalue weighted by Gasteiger charge is 2.31. The summed E-state index contributed by atoms with van der Waals surface area (Å²) in [6, 6.07) is 0.188. The van der Waals surface area contributed by atoms with E-state index in [9.17, 15) is 18.0 Å². The Labute approximate surface area is 168 Å². The molecule has 0 aliphatic rings. The zero-order valence-corrected chi connectivity index (χ0v) is 17.7. The Bertz CT molecular complexity index is 919. The van der Waals surface area contributed by atoms with Crippen molar-refractivity contribution in [1.29, 1.82) is 0 Å². The monoisotopic (exact) mass is 429 g/mol. The molecule has 0 aliphatic heterocycles. The van der Waals surface area contributed by atoms with Gasteiger partial charge in [-0.15, -0.1) is 0 Å². The highest BCUT2D eigenvalue weighted by molar-refractivity contribution is 7.93. The third-order valence-corrected chi connectivity index (χ3v) is 4.77. The lowest BCUT2D eigenvalue weighted by molar-refractivity contribution is -0.135. The molecule has 0 saturated heterocycles. The van der Waals surface area contributed by atoms with Gasteiger partial charge in [-0.1, -0.05) is 6.58 Å². The second kappa shape index (κ2) is 9.73. The average molecular weight is 429 g/mol. The van der Waals surface area contributed by atoms with E-state index in [-0.39, 0.29) is 28.9 Å². The number of urea groups is 1. The Morgan fingerprint density at radius 2 is 1.62 bits per heavy atom. The molecular weight excluding hydrogens is 406 g/mol. The van der Waals surface area contributed by atoms with Crippen molar-refractivity contribution in [2.24, 2.45) is 0 Å². The van der Waals surface area contributed by atoms with Gasteiger partial charge in [0.15, 0.2) is 5.03 Å². The molecule has 1 heterocycles. The Morgan fingerprint density at radius 3 is 2.00 bits per heavy atom. The fourth-order valence-corrected chi connectivity index (χ4v) is 3.51. The summed E-state index contributed by atoms with van der Waals surface area (Å²) in [5.74, 6) is -1.02. The quantitative estimate of drug-likeness (QED) is 0.339. The third-order valence-electron chi connectivity index (χ3n) is 3.24. The van der Waals surface area contributed by atoms with Crippen molar-refractivity contribution in [3.05, 3.63) is 28.8 Å². The van der Waals surface area contributed by atoms with Gasteiger partial charge in [-0.2, -0.15) is 18.4 Å². The van der Waals surface area contributed by atoms with Crippen LogP contribution in [-0.2, 0) is 19.6 Å². The maximum absolute atomic E-state index is 12.8. The maximum atomic E-state index is 12.8. The number of ether oxygens (including phenoxy) is 3. The molecule has 2 N–H and O–H groups in total. The zero-order valence-electron chi connectivity index (χ0n) is 16.9.